The summed E-state index contributed by atoms with van der Waals surface area (Å²) in [5.74, 6) is 0.697. The summed E-state index contributed by atoms with van der Waals surface area (Å²) in [5, 5.41) is 14.3. The first-order chi connectivity index (χ1) is 10.1. The van der Waals surface area contributed by atoms with Gasteiger partial charge in [0.25, 0.3) is 0 Å². The number of nitrogens with two attached hydrogens (primary N) is 1. The molecule has 1 fully saturated rings. The van der Waals surface area contributed by atoms with Crippen molar-refractivity contribution < 1.29 is 4.92 Å². The molecule has 21 heavy (non-hydrogen) atoms. The highest BCUT2D eigenvalue weighted by Crippen LogP contribution is 2.23. The van der Waals surface area contributed by atoms with Crippen LogP contribution in [-0.4, -0.2) is 35.6 Å². The van der Waals surface area contributed by atoms with E-state index < -0.39 is 4.92 Å². The topological polar surface area (TPSA) is 97.3 Å². The van der Waals surface area contributed by atoms with Crippen molar-refractivity contribution in [3.8, 4) is 0 Å². The van der Waals surface area contributed by atoms with Gasteiger partial charge in [-0.15, -0.1) is 0 Å². The molecule has 3 N–H and O–H groups in total. The van der Waals surface area contributed by atoms with Gasteiger partial charge in [-0.25, -0.2) is 4.98 Å². The summed E-state index contributed by atoms with van der Waals surface area (Å²) in [4.78, 5) is 16.7. The van der Waals surface area contributed by atoms with Crippen LogP contribution in [0.4, 0.5) is 17.3 Å². The van der Waals surface area contributed by atoms with Crippen LogP contribution < -0.4 is 16.0 Å². The van der Waals surface area contributed by atoms with E-state index in [2.05, 4.69) is 22.1 Å². The lowest BCUT2D eigenvalue weighted by Crippen LogP contribution is -2.44. The van der Waals surface area contributed by atoms with Crippen LogP contribution in [-0.2, 0) is 0 Å². The van der Waals surface area contributed by atoms with Gasteiger partial charge in [0.15, 0.2) is 0 Å². The first kappa shape index (κ1) is 15.5. The standard InChI is InChI=1S/C14H23N5O2/c1-2-9-18(10-11-5-3-4-8-16-11)13-7-6-12(19(20)21)14(15)17-13/h6-7,11,16H,2-5,8-10H2,1H3,(H2,15,17). The second-order valence-corrected chi connectivity index (χ2v) is 5.42. The molecule has 0 spiro atoms. The Morgan fingerprint density at radius 3 is 2.90 bits per heavy atom. The number of nitro groups is 1. The molecule has 2 heterocycles. The molecular weight excluding hydrogens is 270 g/mol. The van der Waals surface area contributed by atoms with Gasteiger partial charge in [-0.1, -0.05) is 13.3 Å². The van der Waals surface area contributed by atoms with Gasteiger partial charge in [0.1, 0.15) is 5.82 Å². The molecule has 116 valence electrons. The Hall–Kier alpha value is -1.89. The molecule has 1 aromatic heterocycles. The van der Waals surface area contributed by atoms with Gasteiger partial charge in [-0.3, -0.25) is 10.1 Å². The van der Waals surface area contributed by atoms with Crippen molar-refractivity contribution in [1.82, 2.24) is 10.3 Å². The average Bonchev–Trinajstić information content (AvgIpc) is 2.47. The lowest BCUT2D eigenvalue weighted by molar-refractivity contribution is -0.384. The molecular formula is C14H23N5O2. The SMILES string of the molecule is CCCN(CC1CCCCN1)c1ccc([N+](=O)[O-])c(N)n1. The molecule has 1 aliphatic heterocycles. The molecule has 0 bridgehead atoms. The van der Waals surface area contributed by atoms with Crippen LogP contribution in [0.5, 0.6) is 0 Å². The van der Waals surface area contributed by atoms with Gasteiger partial charge in [0.2, 0.25) is 5.82 Å². The predicted octanol–water partition coefficient (Wildman–Crippen LogP) is 1.93. The van der Waals surface area contributed by atoms with E-state index in [1.54, 1.807) is 6.07 Å². The van der Waals surface area contributed by atoms with Crippen molar-refractivity contribution in [2.24, 2.45) is 0 Å². The van der Waals surface area contributed by atoms with Crippen LogP contribution in [0.25, 0.3) is 0 Å². The molecule has 0 saturated carbocycles. The minimum absolute atomic E-state index is 0.0183. The van der Waals surface area contributed by atoms with E-state index in [1.165, 1.54) is 18.9 Å². The number of anilines is 2. The molecule has 1 atom stereocenters. The first-order valence-corrected chi connectivity index (χ1v) is 7.51. The van der Waals surface area contributed by atoms with E-state index in [4.69, 9.17) is 5.73 Å². The van der Waals surface area contributed by atoms with Crippen molar-refractivity contribution in [3.63, 3.8) is 0 Å². The van der Waals surface area contributed by atoms with Crippen molar-refractivity contribution in [1.29, 1.82) is 0 Å². The summed E-state index contributed by atoms with van der Waals surface area (Å²) >= 11 is 0. The minimum atomic E-state index is -0.501. The van der Waals surface area contributed by atoms with Crippen LogP contribution in [0, 0.1) is 10.1 Å². The summed E-state index contributed by atoms with van der Waals surface area (Å²) < 4.78 is 0. The fourth-order valence-corrected chi connectivity index (χ4v) is 2.70. The van der Waals surface area contributed by atoms with Crippen molar-refractivity contribution in [2.45, 2.75) is 38.6 Å². The van der Waals surface area contributed by atoms with Gasteiger partial charge in [0.05, 0.1) is 4.92 Å². The van der Waals surface area contributed by atoms with E-state index in [0.717, 1.165) is 32.5 Å². The molecule has 0 aromatic carbocycles. The third kappa shape index (κ3) is 4.04. The Morgan fingerprint density at radius 2 is 2.33 bits per heavy atom. The Morgan fingerprint density at radius 1 is 1.52 bits per heavy atom. The first-order valence-electron chi connectivity index (χ1n) is 7.51. The normalized spacial score (nSPS) is 18.4. The fourth-order valence-electron chi connectivity index (χ4n) is 2.70. The molecule has 1 aliphatic rings. The van der Waals surface area contributed by atoms with Crippen LogP contribution >= 0.6 is 0 Å². The number of piperidine rings is 1. The Balaban J connectivity index is 2.13. The number of nitrogens with zero attached hydrogens (tertiary/aromatic N) is 3. The van der Waals surface area contributed by atoms with Crippen molar-refractivity contribution in [3.05, 3.63) is 22.2 Å². The van der Waals surface area contributed by atoms with E-state index in [0.29, 0.717) is 11.9 Å². The van der Waals surface area contributed by atoms with Gasteiger partial charge in [0, 0.05) is 25.2 Å². The predicted molar refractivity (Wildman–Crippen MR) is 83.4 cm³/mol. The second-order valence-electron chi connectivity index (χ2n) is 5.42. The van der Waals surface area contributed by atoms with Gasteiger partial charge in [-0.2, -0.15) is 0 Å². The molecule has 2 rings (SSSR count). The molecule has 7 nitrogen and oxygen atoms in total. The van der Waals surface area contributed by atoms with Crippen LogP contribution in [0.15, 0.2) is 12.1 Å². The number of nitrogen functional groups attached to an aromatic ring is 1. The van der Waals surface area contributed by atoms with Crippen LogP contribution in [0.3, 0.4) is 0 Å². The van der Waals surface area contributed by atoms with Crippen LogP contribution in [0.2, 0.25) is 0 Å². The van der Waals surface area contributed by atoms with E-state index in [9.17, 15) is 10.1 Å². The van der Waals surface area contributed by atoms with Gasteiger partial charge in [-0.05, 0) is 31.9 Å². The summed E-state index contributed by atoms with van der Waals surface area (Å²) in [6, 6.07) is 3.57. The number of aromatic nitrogens is 1. The monoisotopic (exact) mass is 293 g/mol. The van der Waals surface area contributed by atoms with Gasteiger partial charge >= 0.3 is 5.69 Å². The molecule has 1 unspecified atom stereocenters. The number of pyridine rings is 1. The molecule has 0 aliphatic carbocycles. The molecule has 1 saturated heterocycles. The zero-order valence-corrected chi connectivity index (χ0v) is 12.4. The number of hydrogen-bond acceptors (Lipinski definition) is 6. The van der Waals surface area contributed by atoms with E-state index in [-0.39, 0.29) is 11.5 Å². The van der Waals surface area contributed by atoms with E-state index >= 15 is 0 Å². The summed E-state index contributed by atoms with van der Waals surface area (Å²) in [6.45, 7) is 4.89. The number of hydrogen-bond donors (Lipinski definition) is 2. The maximum Gasteiger partial charge on any atom is 0.311 e. The zero-order chi connectivity index (χ0) is 15.2. The number of rotatable bonds is 6. The second kappa shape index (κ2) is 7.21. The largest absolute Gasteiger partial charge is 0.378 e. The molecule has 1 aromatic rings. The third-order valence-electron chi connectivity index (χ3n) is 3.76. The zero-order valence-electron chi connectivity index (χ0n) is 12.4. The van der Waals surface area contributed by atoms with Crippen LogP contribution in [0.1, 0.15) is 32.6 Å². The third-order valence-corrected chi connectivity index (χ3v) is 3.76. The highest BCUT2D eigenvalue weighted by atomic mass is 16.6. The number of nitrogens with one attached hydrogen (secondary N) is 1. The average molecular weight is 293 g/mol. The maximum atomic E-state index is 10.8. The molecule has 7 heteroatoms. The van der Waals surface area contributed by atoms with Crippen molar-refractivity contribution in [2.75, 3.05) is 30.3 Å². The highest BCUT2D eigenvalue weighted by Gasteiger charge is 2.19. The quantitative estimate of drug-likeness (QED) is 0.614. The van der Waals surface area contributed by atoms with E-state index in [1.807, 2.05) is 0 Å². The fraction of sp³-hybridized carbons (Fsp3) is 0.643. The highest BCUT2D eigenvalue weighted by molar-refractivity contribution is 5.58. The van der Waals surface area contributed by atoms with Crippen molar-refractivity contribution >= 4 is 17.3 Å². The Labute approximate surface area is 124 Å². The maximum absolute atomic E-state index is 10.8. The lowest BCUT2D eigenvalue weighted by atomic mass is 10.0. The lowest BCUT2D eigenvalue weighted by Gasteiger charge is -2.31. The Kier molecular flexibility index (Phi) is 5.32. The smallest absolute Gasteiger partial charge is 0.311 e. The summed E-state index contributed by atoms with van der Waals surface area (Å²) in [7, 11) is 0. The van der Waals surface area contributed by atoms with Gasteiger partial charge < -0.3 is 16.0 Å². The molecule has 0 radical (unpaired) electrons. The summed E-state index contributed by atoms with van der Waals surface area (Å²) in [6.07, 6.45) is 4.62. The minimum Gasteiger partial charge on any atom is -0.378 e. The summed E-state index contributed by atoms with van der Waals surface area (Å²) in [5.41, 5.74) is 5.56. The Bertz CT molecular complexity index is 488. The molecule has 0 amide bonds.